The Morgan fingerprint density at radius 1 is 1.33 bits per heavy atom. The molecule has 100 valence electrons. The second-order valence-electron chi connectivity index (χ2n) is 5.17. The number of hydrogen-bond acceptors (Lipinski definition) is 2. The SMILES string of the molecule is CC(N)c1ccc(C(F)(F)C2CCCN2C)cc1. The van der Waals surface area contributed by atoms with Crippen molar-refractivity contribution in [3.8, 4) is 0 Å². The molecular formula is C14H20F2N2. The Hall–Kier alpha value is -1.00. The third kappa shape index (κ3) is 2.40. The molecule has 0 aromatic heterocycles. The van der Waals surface area contributed by atoms with Gasteiger partial charge in [-0.1, -0.05) is 24.3 Å². The molecule has 0 amide bonds. The van der Waals surface area contributed by atoms with Gasteiger partial charge >= 0.3 is 0 Å². The molecule has 2 atom stereocenters. The summed E-state index contributed by atoms with van der Waals surface area (Å²) >= 11 is 0. The summed E-state index contributed by atoms with van der Waals surface area (Å²) in [5.74, 6) is -2.79. The van der Waals surface area contributed by atoms with Crippen LogP contribution in [0.5, 0.6) is 0 Å². The fraction of sp³-hybridized carbons (Fsp3) is 0.571. The van der Waals surface area contributed by atoms with Crippen LogP contribution in [-0.4, -0.2) is 24.5 Å². The van der Waals surface area contributed by atoms with E-state index in [1.807, 2.05) is 6.92 Å². The highest BCUT2D eigenvalue weighted by Crippen LogP contribution is 2.39. The van der Waals surface area contributed by atoms with E-state index in [0.717, 1.165) is 18.5 Å². The molecule has 1 heterocycles. The maximum atomic E-state index is 14.4. The molecule has 18 heavy (non-hydrogen) atoms. The monoisotopic (exact) mass is 254 g/mol. The highest BCUT2D eigenvalue weighted by atomic mass is 19.3. The first kappa shape index (κ1) is 13.4. The molecule has 1 aromatic rings. The summed E-state index contributed by atoms with van der Waals surface area (Å²) in [6.45, 7) is 2.59. The Morgan fingerprint density at radius 2 is 1.94 bits per heavy atom. The number of halogens is 2. The van der Waals surface area contributed by atoms with Gasteiger partial charge < -0.3 is 5.73 Å². The Balaban J connectivity index is 2.23. The van der Waals surface area contributed by atoms with Crippen LogP contribution in [-0.2, 0) is 5.92 Å². The lowest BCUT2D eigenvalue weighted by atomic mass is 9.97. The second kappa shape index (κ2) is 4.94. The van der Waals surface area contributed by atoms with Gasteiger partial charge in [0, 0.05) is 11.6 Å². The Morgan fingerprint density at radius 3 is 2.39 bits per heavy atom. The fourth-order valence-corrected chi connectivity index (χ4v) is 2.57. The van der Waals surface area contributed by atoms with Crippen molar-refractivity contribution >= 4 is 0 Å². The van der Waals surface area contributed by atoms with Gasteiger partial charge in [0.15, 0.2) is 0 Å². The van der Waals surface area contributed by atoms with Crippen LogP contribution in [0, 0.1) is 0 Å². The number of benzene rings is 1. The van der Waals surface area contributed by atoms with Gasteiger partial charge in [0.1, 0.15) is 0 Å². The standard InChI is InChI=1S/C14H20F2N2/c1-10(17)11-5-7-12(8-6-11)14(15,16)13-4-3-9-18(13)2/h5-8,10,13H,3-4,9,17H2,1-2H3. The Kier molecular flexibility index (Phi) is 3.69. The van der Waals surface area contributed by atoms with Gasteiger partial charge in [0.05, 0.1) is 6.04 Å². The van der Waals surface area contributed by atoms with Gasteiger partial charge in [-0.25, -0.2) is 0 Å². The molecule has 2 nitrogen and oxygen atoms in total. The number of rotatable bonds is 3. The maximum Gasteiger partial charge on any atom is 0.288 e. The molecule has 1 aliphatic heterocycles. The van der Waals surface area contributed by atoms with E-state index in [1.54, 1.807) is 24.1 Å². The van der Waals surface area contributed by atoms with E-state index in [2.05, 4.69) is 0 Å². The van der Waals surface area contributed by atoms with Crippen LogP contribution < -0.4 is 5.73 Å². The van der Waals surface area contributed by atoms with Crippen molar-refractivity contribution in [2.75, 3.05) is 13.6 Å². The number of hydrogen-bond donors (Lipinski definition) is 1. The van der Waals surface area contributed by atoms with E-state index < -0.39 is 12.0 Å². The lowest BCUT2D eigenvalue weighted by Crippen LogP contribution is -2.39. The summed E-state index contributed by atoms with van der Waals surface area (Å²) in [5, 5.41) is 0. The molecular weight excluding hydrogens is 234 g/mol. The summed E-state index contributed by atoms with van der Waals surface area (Å²) in [5.41, 5.74) is 6.69. The topological polar surface area (TPSA) is 29.3 Å². The largest absolute Gasteiger partial charge is 0.324 e. The van der Waals surface area contributed by atoms with E-state index in [0.29, 0.717) is 6.42 Å². The molecule has 0 spiro atoms. The number of nitrogens with zero attached hydrogens (tertiary/aromatic N) is 1. The third-order valence-electron chi connectivity index (χ3n) is 3.76. The van der Waals surface area contributed by atoms with Crippen molar-refractivity contribution < 1.29 is 8.78 Å². The summed E-state index contributed by atoms with van der Waals surface area (Å²) in [6.07, 6.45) is 1.40. The molecule has 0 radical (unpaired) electrons. The molecule has 2 rings (SSSR count). The summed E-state index contributed by atoms with van der Waals surface area (Å²) < 4.78 is 28.7. The lowest BCUT2D eigenvalue weighted by Gasteiger charge is -2.29. The predicted octanol–water partition coefficient (Wildman–Crippen LogP) is 2.89. The van der Waals surface area contributed by atoms with Crippen LogP contribution in [0.2, 0.25) is 0 Å². The van der Waals surface area contributed by atoms with E-state index in [4.69, 9.17) is 5.73 Å². The van der Waals surface area contributed by atoms with Gasteiger partial charge in [-0.15, -0.1) is 0 Å². The van der Waals surface area contributed by atoms with Crippen molar-refractivity contribution in [2.24, 2.45) is 5.73 Å². The molecule has 1 aliphatic rings. The third-order valence-corrected chi connectivity index (χ3v) is 3.76. The lowest BCUT2D eigenvalue weighted by molar-refractivity contribution is -0.0696. The summed E-state index contributed by atoms with van der Waals surface area (Å²) in [7, 11) is 1.77. The van der Waals surface area contributed by atoms with Gasteiger partial charge in [-0.2, -0.15) is 8.78 Å². The van der Waals surface area contributed by atoms with Crippen LogP contribution in [0.15, 0.2) is 24.3 Å². The first-order valence-corrected chi connectivity index (χ1v) is 6.37. The Labute approximate surface area is 107 Å². The number of alkyl halides is 2. The minimum atomic E-state index is -2.79. The van der Waals surface area contributed by atoms with Gasteiger partial charge in [0.2, 0.25) is 0 Å². The fourth-order valence-electron chi connectivity index (χ4n) is 2.57. The van der Waals surface area contributed by atoms with Crippen molar-refractivity contribution in [3.05, 3.63) is 35.4 Å². The average molecular weight is 254 g/mol. The summed E-state index contributed by atoms with van der Waals surface area (Å²) in [6, 6.07) is 5.60. The number of nitrogens with two attached hydrogens (primary N) is 1. The Bertz CT molecular complexity index is 401. The minimum absolute atomic E-state index is 0.0886. The number of likely N-dealkylation sites (tertiary alicyclic amines) is 1. The first-order chi connectivity index (χ1) is 8.43. The minimum Gasteiger partial charge on any atom is -0.324 e. The highest BCUT2D eigenvalue weighted by Gasteiger charge is 2.45. The highest BCUT2D eigenvalue weighted by molar-refractivity contribution is 5.28. The van der Waals surface area contributed by atoms with Gasteiger partial charge in [0.25, 0.3) is 5.92 Å². The van der Waals surface area contributed by atoms with Crippen molar-refractivity contribution in [2.45, 2.75) is 37.8 Å². The zero-order valence-corrected chi connectivity index (χ0v) is 10.9. The molecule has 4 heteroatoms. The van der Waals surface area contributed by atoms with Crippen LogP contribution in [0.3, 0.4) is 0 Å². The molecule has 2 unspecified atom stereocenters. The van der Waals surface area contributed by atoms with Crippen LogP contribution in [0.25, 0.3) is 0 Å². The van der Waals surface area contributed by atoms with E-state index in [9.17, 15) is 8.78 Å². The molecule has 0 saturated carbocycles. The molecule has 2 N–H and O–H groups in total. The van der Waals surface area contributed by atoms with E-state index >= 15 is 0 Å². The van der Waals surface area contributed by atoms with Gasteiger partial charge in [-0.3, -0.25) is 4.90 Å². The summed E-state index contributed by atoms with van der Waals surface area (Å²) in [4.78, 5) is 1.75. The van der Waals surface area contributed by atoms with Crippen molar-refractivity contribution in [3.63, 3.8) is 0 Å². The quantitative estimate of drug-likeness (QED) is 0.898. The zero-order chi connectivity index (χ0) is 13.3. The predicted molar refractivity (Wildman–Crippen MR) is 68.6 cm³/mol. The van der Waals surface area contributed by atoms with Crippen LogP contribution >= 0.6 is 0 Å². The van der Waals surface area contributed by atoms with Crippen LogP contribution in [0.4, 0.5) is 8.78 Å². The van der Waals surface area contributed by atoms with Crippen molar-refractivity contribution in [1.29, 1.82) is 0 Å². The maximum absolute atomic E-state index is 14.4. The zero-order valence-electron chi connectivity index (χ0n) is 10.9. The van der Waals surface area contributed by atoms with Crippen LogP contribution in [0.1, 0.15) is 36.9 Å². The normalized spacial score (nSPS) is 23.3. The molecule has 0 aliphatic carbocycles. The smallest absolute Gasteiger partial charge is 0.288 e. The molecule has 1 aromatic carbocycles. The van der Waals surface area contributed by atoms with Crippen molar-refractivity contribution in [1.82, 2.24) is 4.90 Å². The first-order valence-electron chi connectivity index (χ1n) is 6.37. The average Bonchev–Trinajstić information content (AvgIpc) is 2.76. The van der Waals surface area contributed by atoms with Gasteiger partial charge in [-0.05, 0) is 38.9 Å². The molecule has 0 bridgehead atoms. The number of likely N-dealkylation sites (N-methyl/N-ethyl adjacent to an activating group) is 1. The molecule has 1 saturated heterocycles. The van der Waals surface area contributed by atoms with E-state index in [-0.39, 0.29) is 11.6 Å². The van der Waals surface area contributed by atoms with E-state index in [1.165, 1.54) is 12.1 Å². The second-order valence-corrected chi connectivity index (χ2v) is 5.17. The molecule has 1 fully saturated rings.